The highest BCUT2D eigenvalue weighted by molar-refractivity contribution is 6.32. The van der Waals surface area contributed by atoms with Crippen LogP contribution in [0.25, 0.3) is 0 Å². The fourth-order valence-electron chi connectivity index (χ4n) is 3.07. The lowest BCUT2D eigenvalue weighted by molar-refractivity contribution is -0.384. The number of benzene rings is 1. The first-order chi connectivity index (χ1) is 10.9. The Hall–Kier alpha value is -1.66. The second kappa shape index (κ2) is 7.75. The Bertz CT molecular complexity index is 586. The lowest BCUT2D eigenvalue weighted by Gasteiger charge is -2.31. The van der Waals surface area contributed by atoms with Gasteiger partial charge in [-0.25, -0.2) is 0 Å². The summed E-state index contributed by atoms with van der Waals surface area (Å²) < 4.78 is 0. The fraction of sp³-hybridized carbons (Fsp3) is 0.562. The highest BCUT2D eigenvalue weighted by Gasteiger charge is 2.26. The van der Waals surface area contributed by atoms with Crippen molar-refractivity contribution < 1.29 is 9.72 Å². The molecular weight excluding hydrogens is 318 g/mol. The Labute approximate surface area is 141 Å². The summed E-state index contributed by atoms with van der Waals surface area (Å²) in [5.41, 5.74) is 0.183. The van der Waals surface area contributed by atoms with Gasteiger partial charge in [-0.3, -0.25) is 19.8 Å². The summed E-state index contributed by atoms with van der Waals surface area (Å²) in [5.74, 6) is -0.165. The van der Waals surface area contributed by atoms with Gasteiger partial charge in [0.2, 0.25) is 5.91 Å². The van der Waals surface area contributed by atoms with Crippen LogP contribution in [0.2, 0.25) is 5.02 Å². The van der Waals surface area contributed by atoms with Crippen molar-refractivity contribution in [3.8, 4) is 0 Å². The number of hydrogen-bond acceptors (Lipinski definition) is 4. The van der Waals surface area contributed by atoms with Crippen LogP contribution in [0.4, 0.5) is 11.4 Å². The van der Waals surface area contributed by atoms with Gasteiger partial charge in [-0.1, -0.05) is 24.4 Å². The maximum atomic E-state index is 12.3. The van der Waals surface area contributed by atoms with Crippen molar-refractivity contribution in [3.05, 3.63) is 33.3 Å². The molecule has 0 spiro atoms. The molecule has 0 atom stereocenters. The molecule has 1 amide bonds. The molecule has 7 heteroatoms. The molecule has 23 heavy (non-hydrogen) atoms. The largest absolute Gasteiger partial charge is 0.325 e. The van der Waals surface area contributed by atoms with E-state index in [0.29, 0.717) is 18.3 Å². The first-order valence-corrected chi connectivity index (χ1v) is 8.26. The fourth-order valence-corrected chi connectivity index (χ4v) is 3.25. The number of carbonyl (C=O) groups is 1. The lowest BCUT2D eigenvalue weighted by atomic mass is 10.1. The van der Waals surface area contributed by atoms with E-state index in [2.05, 4.69) is 24.1 Å². The molecule has 126 valence electrons. The average Bonchev–Trinajstić information content (AvgIpc) is 3.00. The Kier molecular flexibility index (Phi) is 5.96. The van der Waals surface area contributed by atoms with Gasteiger partial charge in [0.25, 0.3) is 5.69 Å². The summed E-state index contributed by atoms with van der Waals surface area (Å²) in [6, 6.07) is 5.01. The second-order valence-electron chi connectivity index (χ2n) is 6.18. The van der Waals surface area contributed by atoms with Crippen molar-refractivity contribution in [2.75, 3.05) is 11.9 Å². The van der Waals surface area contributed by atoms with E-state index in [9.17, 15) is 14.9 Å². The smallest absolute Gasteiger partial charge is 0.289 e. The molecule has 0 aromatic heterocycles. The topological polar surface area (TPSA) is 75.5 Å². The van der Waals surface area contributed by atoms with Gasteiger partial charge >= 0.3 is 0 Å². The van der Waals surface area contributed by atoms with Gasteiger partial charge in [-0.05, 0) is 38.8 Å². The van der Waals surface area contributed by atoms with Crippen molar-refractivity contribution in [2.45, 2.75) is 51.6 Å². The minimum Gasteiger partial charge on any atom is -0.325 e. The molecule has 1 fully saturated rings. The summed E-state index contributed by atoms with van der Waals surface area (Å²) in [7, 11) is 0. The molecular formula is C16H22ClN3O3. The second-order valence-corrected chi connectivity index (χ2v) is 6.58. The zero-order valence-electron chi connectivity index (χ0n) is 13.4. The molecule has 0 radical (unpaired) electrons. The number of anilines is 1. The summed E-state index contributed by atoms with van der Waals surface area (Å²) >= 11 is 5.78. The third-order valence-corrected chi connectivity index (χ3v) is 4.53. The molecule has 2 rings (SSSR count). The number of nitrogens with zero attached hydrogens (tertiary/aromatic N) is 2. The standard InChI is InChI=1S/C16H22ClN3O3/c1-11(2)19(13-5-3-4-6-13)10-16(21)18-12-7-8-14(17)15(9-12)20(22)23/h7-9,11,13H,3-6,10H2,1-2H3,(H,18,21). The third-order valence-electron chi connectivity index (χ3n) is 4.21. The Morgan fingerprint density at radius 1 is 1.43 bits per heavy atom. The van der Waals surface area contributed by atoms with E-state index < -0.39 is 4.92 Å². The van der Waals surface area contributed by atoms with Gasteiger partial charge < -0.3 is 5.32 Å². The number of carbonyl (C=O) groups excluding carboxylic acids is 1. The molecule has 1 N–H and O–H groups in total. The van der Waals surface area contributed by atoms with E-state index in [1.54, 1.807) is 6.07 Å². The summed E-state index contributed by atoms with van der Waals surface area (Å²) in [6.45, 7) is 4.45. The SMILES string of the molecule is CC(C)N(CC(=O)Nc1ccc(Cl)c([N+](=O)[O-])c1)C1CCCC1. The molecule has 1 aliphatic rings. The summed E-state index contributed by atoms with van der Waals surface area (Å²) in [6.07, 6.45) is 4.66. The third kappa shape index (κ3) is 4.65. The number of nitrogens with one attached hydrogen (secondary N) is 1. The van der Waals surface area contributed by atoms with Crippen LogP contribution in [-0.2, 0) is 4.79 Å². The predicted molar refractivity (Wildman–Crippen MR) is 90.8 cm³/mol. The van der Waals surface area contributed by atoms with Crippen molar-refractivity contribution >= 4 is 28.9 Å². The molecule has 6 nitrogen and oxygen atoms in total. The van der Waals surface area contributed by atoms with Crippen LogP contribution in [0, 0.1) is 10.1 Å². The Morgan fingerprint density at radius 2 is 2.09 bits per heavy atom. The molecule has 1 aromatic rings. The van der Waals surface area contributed by atoms with Crippen molar-refractivity contribution in [1.82, 2.24) is 4.90 Å². The van der Waals surface area contributed by atoms with Crippen LogP contribution in [0.3, 0.4) is 0 Å². The number of nitro groups is 1. The number of nitro benzene ring substituents is 1. The van der Waals surface area contributed by atoms with E-state index >= 15 is 0 Å². The summed E-state index contributed by atoms with van der Waals surface area (Å²) in [4.78, 5) is 24.8. The molecule has 0 heterocycles. The number of amides is 1. The van der Waals surface area contributed by atoms with Crippen LogP contribution in [0.5, 0.6) is 0 Å². The predicted octanol–water partition coefficient (Wildman–Crippen LogP) is 3.84. The molecule has 0 unspecified atom stereocenters. The molecule has 1 saturated carbocycles. The quantitative estimate of drug-likeness (QED) is 0.631. The van der Waals surface area contributed by atoms with E-state index in [-0.39, 0.29) is 22.7 Å². The first-order valence-electron chi connectivity index (χ1n) is 7.88. The van der Waals surface area contributed by atoms with Gasteiger partial charge in [-0.15, -0.1) is 0 Å². The lowest BCUT2D eigenvalue weighted by Crippen LogP contribution is -2.43. The minimum absolute atomic E-state index is 0.0581. The van der Waals surface area contributed by atoms with Crippen LogP contribution < -0.4 is 5.32 Å². The maximum absolute atomic E-state index is 12.3. The number of rotatable bonds is 6. The molecule has 0 saturated heterocycles. The van der Waals surface area contributed by atoms with E-state index in [4.69, 9.17) is 11.6 Å². The first kappa shape index (κ1) is 17.7. The van der Waals surface area contributed by atoms with Crippen LogP contribution >= 0.6 is 11.6 Å². The molecule has 1 aliphatic carbocycles. The maximum Gasteiger partial charge on any atom is 0.289 e. The van der Waals surface area contributed by atoms with E-state index in [1.165, 1.54) is 25.0 Å². The van der Waals surface area contributed by atoms with Gasteiger partial charge in [0.15, 0.2) is 0 Å². The molecule has 1 aromatic carbocycles. The number of halogens is 1. The van der Waals surface area contributed by atoms with Crippen molar-refractivity contribution in [3.63, 3.8) is 0 Å². The highest BCUT2D eigenvalue weighted by Crippen LogP contribution is 2.28. The van der Waals surface area contributed by atoms with Gasteiger partial charge in [0.1, 0.15) is 5.02 Å². The van der Waals surface area contributed by atoms with Crippen LogP contribution in [0.15, 0.2) is 18.2 Å². The highest BCUT2D eigenvalue weighted by atomic mass is 35.5. The van der Waals surface area contributed by atoms with E-state index in [0.717, 1.165) is 12.8 Å². The van der Waals surface area contributed by atoms with Crippen LogP contribution in [-0.4, -0.2) is 34.4 Å². The number of hydrogen-bond donors (Lipinski definition) is 1. The Balaban J connectivity index is 2.03. The minimum atomic E-state index is -0.559. The zero-order chi connectivity index (χ0) is 17.0. The average molecular weight is 340 g/mol. The van der Waals surface area contributed by atoms with E-state index in [1.807, 2.05) is 0 Å². The molecule has 0 aliphatic heterocycles. The molecule has 0 bridgehead atoms. The van der Waals surface area contributed by atoms with Gasteiger partial charge in [0.05, 0.1) is 11.5 Å². The van der Waals surface area contributed by atoms with Gasteiger partial charge in [-0.2, -0.15) is 0 Å². The normalized spacial score (nSPS) is 15.3. The Morgan fingerprint density at radius 3 is 2.65 bits per heavy atom. The van der Waals surface area contributed by atoms with Crippen LogP contribution in [0.1, 0.15) is 39.5 Å². The van der Waals surface area contributed by atoms with Crippen molar-refractivity contribution in [1.29, 1.82) is 0 Å². The monoisotopic (exact) mass is 339 g/mol. The zero-order valence-corrected chi connectivity index (χ0v) is 14.2. The van der Waals surface area contributed by atoms with Crippen molar-refractivity contribution in [2.24, 2.45) is 0 Å². The van der Waals surface area contributed by atoms with Gasteiger partial charge in [0, 0.05) is 23.8 Å². The summed E-state index contributed by atoms with van der Waals surface area (Å²) in [5, 5.41) is 13.7.